The van der Waals surface area contributed by atoms with Gasteiger partial charge >= 0.3 is 0 Å². The van der Waals surface area contributed by atoms with E-state index in [1.807, 2.05) is 11.6 Å². The van der Waals surface area contributed by atoms with E-state index < -0.39 is 9.84 Å². The molecule has 5 nitrogen and oxygen atoms in total. The third-order valence-electron chi connectivity index (χ3n) is 2.99. The first-order valence-corrected chi connectivity index (χ1v) is 12.8. The minimum Gasteiger partial charge on any atom is -0.244 e. The van der Waals surface area contributed by atoms with Gasteiger partial charge in [-0.05, 0) is 30.5 Å². The van der Waals surface area contributed by atoms with Gasteiger partial charge in [0.2, 0.25) is 0 Å². The topological polar surface area (TPSA) is 72.8 Å². The van der Waals surface area contributed by atoms with Crippen molar-refractivity contribution < 1.29 is 8.42 Å². The van der Waals surface area contributed by atoms with Crippen molar-refractivity contribution >= 4 is 67.6 Å². The number of nitrogens with zero attached hydrogens (tertiary/aromatic N) is 3. The summed E-state index contributed by atoms with van der Waals surface area (Å²) >= 11 is 11.8. The zero-order chi connectivity index (χ0) is 17.9. The number of rotatable bonds is 7. The monoisotopic (exact) mass is 449 g/mol. The van der Waals surface area contributed by atoms with Crippen molar-refractivity contribution in [1.29, 1.82) is 0 Å². The highest BCUT2D eigenvalue weighted by molar-refractivity contribution is 8.02. The van der Waals surface area contributed by atoms with Crippen LogP contribution < -0.4 is 0 Å². The molecule has 132 valence electrons. The summed E-state index contributed by atoms with van der Waals surface area (Å²) in [4.78, 5) is 4.68. The Balaban J connectivity index is 1.63. The van der Waals surface area contributed by atoms with Crippen LogP contribution in [0.5, 0.6) is 0 Å². The normalized spacial score (nSPS) is 11.8. The third kappa shape index (κ3) is 5.18. The molecule has 2 aromatic heterocycles. The number of hydrogen-bond donors (Lipinski definition) is 0. The maximum Gasteiger partial charge on any atom is 0.184 e. The van der Waals surface area contributed by atoms with E-state index in [4.69, 9.17) is 11.6 Å². The Morgan fingerprint density at radius 2 is 1.88 bits per heavy atom. The molecule has 0 aliphatic heterocycles. The fourth-order valence-corrected chi connectivity index (χ4v) is 6.83. The van der Waals surface area contributed by atoms with Crippen LogP contribution in [0, 0.1) is 0 Å². The third-order valence-corrected chi connectivity index (χ3v) is 9.03. The molecule has 3 rings (SSSR count). The van der Waals surface area contributed by atoms with E-state index in [1.165, 1.54) is 23.5 Å². The maximum atomic E-state index is 12.4. The van der Waals surface area contributed by atoms with E-state index >= 15 is 0 Å². The zero-order valence-corrected chi connectivity index (χ0v) is 17.7. The van der Waals surface area contributed by atoms with E-state index in [9.17, 15) is 8.42 Å². The quantitative estimate of drug-likeness (QED) is 0.486. The van der Waals surface area contributed by atoms with Crippen molar-refractivity contribution in [3.8, 4) is 0 Å². The molecule has 0 saturated heterocycles. The molecule has 0 N–H and O–H groups in total. The standard InChI is InChI=1S/C14H12ClN3O2S5/c1-21-13-17-18-14(24-13)23-7-10-6-22-12(16-10)8-25(19,20)11-4-2-9(15)3-5-11/h2-6H,7-8H2,1H3. The molecule has 0 atom stereocenters. The van der Waals surface area contributed by atoms with Crippen molar-refractivity contribution in [1.82, 2.24) is 15.2 Å². The smallest absolute Gasteiger partial charge is 0.184 e. The zero-order valence-electron chi connectivity index (χ0n) is 12.9. The summed E-state index contributed by atoms with van der Waals surface area (Å²) in [7, 11) is -3.42. The van der Waals surface area contributed by atoms with Crippen LogP contribution in [-0.4, -0.2) is 29.9 Å². The SMILES string of the molecule is CSc1nnc(SCc2csc(CS(=O)(=O)c3ccc(Cl)cc3)n2)s1. The highest BCUT2D eigenvalue weighted by Crippen LogP contribution is 2.30. The Kier molecular flexibility index (Phi) is 6.39. The van der Waals surface area contributed by atoms with Crippen LogP contribution in [0.15, 0.2) is 43.2 Å². The molecule has 0 spiro atoms. The second-order valence-electron chi connectivity index (χ2n) is 4.77. The van der Waals surface area contributed by atoms with Gasteiger partial charge in [0.25, 0.3) is 0 Å². The predicted octanol–water partition coefficient (Wildman–Crippen LogP) is 4.64. The number of benzene rings is 1. The minimum absolute atomic E-state index is 0.112. The Bertz CT molecular complexity index is 953. The fourth-order valence-electron chi connectivity index (χ4n) is 1.84. The number of aromatic nitrogens is 3. The molecule has 0 aliphatic rings. The van der Waals surface area contributed by atoms with Crippen LogP contribution in [0.4, 0.5) is 0 Å². The van der Waals surface area contributed by atoms with Gasteiger partial charge < -0.3 is 0 Å². The predicted molar refractivity (Wildman–Crippen MR) is 106 cm³/mol. The largest absolute Gasteiger partial charge is 0.244 e. The summed E-state index contributed by atoms with van der Waals surface area (Å²) < 4.78 is 26.7. The Labute approximate surface area is 167 Å². The Morgan fingerprint density at radius 1 is 1.16 bits per heavy atom. The second kappa shape index (κ2) is 8.36. The molecular weight excluding hydrogens is 438 g/mol. The first-order valence-electron chi connectivity index (χ1n) is 6.88. The maximum absolute atomic E-state index is 12.4. The van der Waals surface area contributed by atoms with Gasteiger partial charge in [-0.25, -0.2) is 13.4 Å². The Hall–Kier alpha value is -0.650. The number of thiazole rings is 1. The molecule has 3 aromatic rings. The van der Waals surface area contributed by atoms with Gasteiger partial charge in [0.05, 0.1) is 10.6 Å². The second-order valence-corrected chi connectivity index (χ2v) is 11.4. The van der Waals surface area contributed by atoms with Crippen LogP contribution >= 0.6 is 57.8 Å². The summed E-state index contributed by atoms with van der Waals surface area (Å²) in [6.45, 7) is 0. The van der Waals surface area contributed by atoms with E-state index in [1.54, 1.807) is 47.0 Å². The summed E-state index contributed by atoms with van der Waals surface area (Å²) in [5.74, 6) is 0.528. The molecule has 0 unspecified atom stereocenters. The molecule has 0 saturated carbocycles. The van der Waals surface area contributed by atoms with E-state index in [0.717, 1.165) is 14.4 Å². The van der Waals surface area contributed by atoms with Gasteiger partial charge in [0.1, 0.15) is 10.8 Å². The van der Waals surface area contributed by atoms with Crippen molar-refractivity contribution in [3.05, 3.63) is 45.4 Å². The summed E-state index contributed by atoms with van der Waals surface area (Å²) in [6.07, 6.45) is 1.96. The minimum atomic E-state index is -3.42. The average molecular weight is 450 g/mol. The van der Waals surface area contributed by atoms with Gasteiger partial charge in [0.15, 0.2) is 18.5 Å². The molecule has 25 heavy (non-hydrogen) atoms. The van der Waals surface area contributed by atoms with Crippen LogP contribution in [-0.2, 0) is 21.3 Å². The van der Waals surface area contributed by atoms with Crippen molar-refractivity contribution in [2.24, 2.45) is 0 Å². The lowest BCUT2D eigenvalue weighted by molar-refractivity contribution is 0.595. The van der Waals surface area contributed by atoms with Gasteiger partial charge in [-0.1, -0.05) is 46.5 Å². The number of sulfone groups is 1. The van der Waals surface area contributed by atoms with E-state index in [2.05, 4.69) is 15.2 Å². The molecule has 11 heteroatoms. The molecule has 0 aliphatic carbocycles. The van der Waals surface area contributed by atoms with Crippen molar-refractivity contribution in [3.63, 3.8) is 0 Å². The van der Waals surface area contributed by atoms with Crippen LogP contribution in [0.3, 0.4) is 0 Å². The lowest BCUT2D eigenvalue weighted by Crippen LogP contribution is -2.04. The lowest BCUT2D eigenvalue weighted by atomic mass is 10.4. The lowest BCUT2D eigenvalue weighted by Gasteiger charge is -2.02. The van der Waals surface area contributed by atoms with E-state index in [0.29, 0.717) is 15.8 Å². The first-order chi connectivity index (χ1) is 12.0. The fraction of sp³-hybridized carbons (Fsp3) is 0.214. The van der Waals surface area contributed by atoms with Crippen LogP contribution in [0.25, 0.3) is 0 Å². The molecule has 2 heterocycles. The Morgan fingerprint density at radius 3 is 2.56 bits per heavy atom. The summed E-state index contributed by atoms with van der Waals surface area (Å²) in [6, 6.07) is 6.17. The van der Waals surface area contributed by atoms with Gasteiger partial charge in [-0.2, -0.15) is 0 Å². The van der Waals surface area contributed by atoms with Crippen LogP contribution in [0.2, 0.25) is 5.02 Å². The van der Waals surface area contributed by atoms with Gasteiger partial charge in [-0.3, -0.25) is 0 Å². The molecule has 0 bridgehead atoms. The van der Waals surface area contributed by atoms with Crippen molar-refractivity contribution in [2.45, 2.75) is 25.1 Å². The molecule has 0 radical (unpaired) electrons. The first kappa shape index (κ1) is 19.1. The van der Waals surface area contributed by atoms with Gasteiger partial charge in [0, 0.05) is 16.2 Å². The molecule has 1 aromatic carbocycles. The highest BCUT2D eigenvalue weighted by Gasteiger charge is 2.18. The highest BCUT2D eigenvalue weighted by atomic mass is 35.5. The number of hydrogen-bond acceptors (Lipinski definition) is 9. The summed E-state index contributed by atoms with van der Waals surface area (Å²) in [5, 5.41) is 11.1. The molecule has 0 amide bonds. The van der Waals surface area contributed by atoms with Crippen LogP contribution in [0.1, 0.15) is 10.7 Å². The molecule has 0 fully saturated rings. The summed E-state index contributed by atoms with van der Waals surface area (Å²) in [5.41, 5.74) is 0.845. The van der Waals surface area contributed by atoms with E-state index in [-0.39, 0.29) is 10.6 Å². The van der Waals surface area contributed by atoms with Gasteiger partial charge in [-0.15, -0.1) is 21.5 Å². The molecular formula is C14H12ClN3O2S5. The number of halogens is 1. The average Bonchev–Trinajstić information content (AvgIpc) is 3.22. The number of thioether (sulfide) groups is 2. The van der Waals surface area contributed by atoms with Crippen molar-refractivity contribution in [2.75, 3.05) is 6.26 Å².